The Morgan fingerprint density at radius 2 is 2.38 bits per heavy atom. The molecule has 0 radical (unpaired) electrons. The zero-order chi connectivity index (χ0) is 11.7. The van der Waals surface area contributed by atoms with Crippen LogP contribution in [0.4, 0.5) is 5.82 Å². The molecular formula is C11H13ClN2O2. The number of aromatic hydroxyl groups is 1. The first-order valence-electron chi connectivity index (χ1n) is 5.14. The van der Waals surface area contributed by atoms with Gasteiger partial charge in [0.1, 0.15) is 0 Å². The first kappa shape index (κ1) is 11.2. The van der Waals surface area contributed by atoms with Crippen molar-refractivity contribution in [2.45, 2.75) is 13.3 Å². The summed E-state index contributed by atoms with van der Waals surface area (Å²) in [5.41, 5.74) is 0.773. The number of carbonyl (C=O) groups is 1. The summed E-state index contributed by atoms with van der Waals surface area (Å²) >= 11 is 5.74. The maximum atomic E-state index is 11.7. The van der Waals surface area contributed by atoms with Gasteiger partial charge >= 0.3 is 0 Å². The van der Waals surface area contributed by atoms with Crippen LogP contribution in [0.2, 0.25) is 0 Å². The van der Waals surface area contributed by atoms with Crippen LogP contribution in [0, 0.1) is 12.8 Å². The van der Waals surface area contributed by atoms with Crippen LogP contribution in [0.1, 0.15) is 12.1 Å². The Morgan fingerprint density at radius 1 is 1.62 bits per heavy atom. The Hall–Kier alpha value is -1.29. The maximum Gasteiger partial charge on any atom is 0.228 e. The minimum absolute atomic E-state index is 0.0287. The molecule has 86 valence electrons. The van der Waals surface area contributed by atoms with Gasteiger partial charge in [-0.1, -0.05) is 0 Å². The van der Waals surface area contributed by atoms with E-state index in [1.807, 2.05) is 6.92 Å². The lowest BCUT2D eigenvalue weighted by Gasteiger charge is -2.16. The van der Waals surface area contributed by atoms with Crippen LogP contribution in [-0.2, 0) is 4.79 Å². The topological polar surface area (TPSA) is 53.4 Å². The molecule has 1 aliphatic heterocycles. The normalized spacial score (nSPS) is 20.5. The van der Waals surface area contributed by atoms with Crippen molar-refractivity contribution in [3.8, 4) is 5.75 Å². The van der Waals surface area contributed by atoms with Crippen molar-refractivity contribution in [2.75, 3.05) is 17.3 Å². The van der Waals surface area contributed by atoms with Crippen LogP contribution in [0.25, 0.3) is 0 Å². The van der Waals surface area contributed by atoms with E-state index >= 15 is 0 Å². The molecule has 1 amide bonds. The molecule has 0 aliphatic carbocycles. The summed E-state index contributed by atoms with van der Waals surface area (Å²) in [4.78, 5) is 17.4. The minimum atomic E-state index is -0.0287. The number of hydrogen-bond donors (Lipinski definition) is 1. The first-order chi connectivity index (χ1) is 7.61. The van der Waals surface area contributed by atoms with Gasteiger partial charge in [-0.05, 0) is 25.0 Å². The number of halogens is 1. The lowest BCUT2D eigenvalue weighted by molar-refractivity contribution is -0.117. The third-order valence-corrected chi connectivity index (χ3v) is 3.11. The Morgan fingerprint density at radius 3 is 3.00 bits per heavy atom. The van der Waals surface area contributed by atoms with Gasteiger partial charge in [0.15, 0.2) is 11.6 Å². The monoisotopic (exact) mass is 240 g/mol. The van der Waals surface area contributed by atoms with Gasteiger partial charge in [-0.2, -0.15) is 0 Å². The summed E-state index contributed by atoms with van der Waals surface area (Å²) in [7, 11) is 0. The standard InChI is InChI=1S/C11H13ClN2O2/c1-7-2-3-9(15)11(13-7)14-6-8(5-12)4-10(14)16/h2-3,8,15H,4-6H2,1H3. The van der Waals surface area contributed by atoms with Gasteiger partial charge in [-0.25, -0.2) is 4.98 Å². The molecule has 5 heteroatoms. The van der Waals surface area contributed by atoms with Crippen molar-refractivity contribution in [3.63, 3.8) is 0 Å². The van der Waals surface area contributed by atoms with Crippen LogP contribution in [-0.4, -0.2) is 28.4 Å². The molecule has 1 aromatic heterocycles. The highest BCUT2D eigenvalue weighted by Gasteiger charge is 2.32. The molecule has 1 unspecified atom stereocenters. The number of rotatable bonds is 2. The molecule has 1 fully saturated rings. The molecular weight excluding hydrogens is 228 g/mol. The second-order valence-electron chi connectivity index (χ2n) is 4.02. The van der Waals surface area contributed by atoms with Gasteiger partial charge < -0.3 is 5.11 Å². The third-order valence-electron chi connectivity index (χ3n) is 2.67. The number of amides is 1. The van der Waals surface area contributed by atoms with E-state index in [2.05, 4.69) is 4.98 Å². The smallest absolute Gasteiger partial charge is 0.228 e. The Bertz CT molecular complexity index is 422. The van der Waals surface area contributed by atoms with Crippen molar-refractivity contribution in [2.24, 2.45) is 5.92 Å². The van der Waals surface area contributed by atoms with Crippen LogP contribution in [0.5, 0.6) is 5.75 Å². The number of carbonyl (C=O) groups excluding carboxylic acids is 1. The van der Waals surface area contributed by atoms with Crippen LogP contribution in [0.3, 0.4) is 0 Å². The molecule has 1 atom stereocenters. The molecule has 0 spiro atoms. The van der Waals surface area contributed by atoms with Crippen molar-refractivity contribution in [1.82, 2.24) is 4.98 Å². The molecule has 0 bridgehead atoms. The van der Waals surface area contributed by atoms with Crippen molar-refractivity contribution in [3.05, 3.63) is 17.8 Å². The number of aryl methyl sites for hydroxylation is 1. The Kier molecular flexibility index (Phi) is 3.01. The van der Waals surface area contributed by atoms with Crippen molar-refractivity contribution >= 4 is 23.3 Å². The largest absolute Gasteiger partial charge is 0.504 e. The summed E-state index contributed by atoms with van der Waals surface area (Å²) in [5, 5.41) is 9.68. The number of nitrogens with zero attached hydrogens (tertiary/aromatic N) is 2. The number of anilines is 1. The molecule has 2 heterocycles. The molecule has 0 saturated carbocycles. The molecule has 16 heavy (non-hydrogen) atoms. The fourth-order valence-electron chi connectivity index (χ4n) is 1.82. The molecule has 1 aromatic rings. The fraction of sp³-hybridized carbons (Fsp3) is 0.455. The minimum Gasteiger partial charge on any atom is -0.504 e. The molecule has 1 saturated heterocycles. The highest BCUT2D eigenvalue weighted by Crippen LogP contribution is 2.30. The predicted octanol–water partition coefficient (Wildman–Crippen LogP) is 1.69. The first-order valence-corrected chi connectivity index (χ1v) is 5.68. The third kappa shape index (κ3) is 1.97. The van der Waals surface area contributed by atoms with E-state index in [9.17, 15) is 9.90 Å². The number of alkyl halides is 1. The van der Waals surface area contributed by atoms with Crippen LogP contribution < -0.4 is 4.90 Å². The second kappa shape index (κ2) is 4.29. The van der Waals surface area contributed by atoms with E-state index in [4.69, 9.17) is 11.6 Å². The average molecular weight is 241 g/mol. The molecule has 1 aliphatic rings. The quantitative estimate of drug-likeness (QED) is 0.801. The molecule has 2 rings (SSSR count). The number of pyridine rings is 1. The summed E-state index contributed by atoms with van der Waals surface area (Å²) in [5.74, 6) is 0.955. The lowest BCUT2D eigenvalue weighted by Crippen LogP contribution is -2.25. The van der Waals surface area contributed by atoms with E-state index in [0.717, 1.165) is 5.69 Å². The molecule has 4 nitrogen and oxygen atoms in total. The van der Waals surface area contributed by atoms with Gasteiger partial charge in [-0.15, -0.1) is 11.6 Å². The lowest BCUT2D eigenvalue weighted by atomic mass is 10.1. The van der Waals surface area contributed by atoms with E-state index in [1.165, 1.54) is 4.90 Å². The summed E-state index contributed by atoms with van der Waals surface area (Å²) in [6, 6.07) is 3.26. The number of aromatic nitrogens is 1. The second-order valence-corrected chi connectivity index (χ2v) is 4.33. The molecule has 1 N–H and O–H groups in total. The van der Waals surface area contributed by atoms with Gasteiger partial charge in [0.2, 0.25) is 5.91 Å². The van der Waals surface area contributed by atoms with Gasteiger partial charge in [0.05, 0.1) is 0 Å². The van der Waals surface area contributed by atoms with Crippen molar-refractivity contribution in [1.29, 1.82) is 0 Å². The van der Waals surface area contributed by atoms with E-state index < -0.39 is 0 Å². The average Bonchev–Trinajstić information content (AvgIpc) is 2.63. The number of hydrogen-bond acceptors (Lipinski definition) is 3. The predicted molar refractivity (Wildman–Crippen MR) is 61.8 cm³/mol. The molecule has 0 aromatic carbocycles. The van der Waals surface area contributed by atoms with Gasteiger partial charge in [0, 0.05) is 24.5 Å². The van der Waals surface area contributed by atoms with Crippen molar-refractivity contribution < 1.29 is 9.90 Å². The fourth-order valence-corrected chi connectivity index (χ4v) is 2.03. The Balaban J connectivity index is 2.30. The SMILES string of the molecule is Cc1ccc(O)c(N2CC(CCl)CC2=O)n1. The van der Waals surface area contributed by atoms with E-state index in [1.54, 1.807) is 12.1 Å². The zero-order valence-corrected chi connectivity index (χ0v) is 9.74. The maximum absolute atomic E-state index is 11.7. The Labute approximate surface area is 98.9 Å². The summed E-state index contributed by atoms with van der Waals surface area (Å²) < 4.78 is 0. The van der Waals surface area contributed by atoms with E-state index in [-0.39, 0.29) is 17.6 Å². The van der Waals surface area contributed by atoms with Crippen LogP contribution >= 0.6 is 11.6 Å². The van der Waals surface area contributed by atoms with Crippen LogP contribution in [0.15, 0.2) is 12.1 Å². The van der Waals surface area contributed by atoms with Gasteiger partial charge in [-0.3, -0.25) is 9.69 Å². The zero-order valence-electron chi connectivity index (χ0n) is 8.98. The highest BCUT2D eigenvalue weighted by molar-refractivity contribution is 6.18. The summed E-state index contributed by atoms with van der Waals surface area (Å²) in [6.45, 7) is 2.36. The van der Waals surface area contributed by atoms with E-state index in [0.29, 0.717) is 24.7 Å². The summed E-state index contributed by atoms with van der Waals surface area (Å²) in [6.07, 6.45) is 0.429. The highest BCUT2D eigenvalue weighted by atomic mass is 35.5. The van der Waals surface area contributed by atoms with Gasteiger partial charge in [0.25, 0.3) is 0 Å².